The molecule has 2 aliphatic rings. The second-order valence-electron chi connectivity index (χ2n) is 33.4. The van der Waals surface area contributed by atoms with Crippen LogP contribution in [0.25, 0.3) is 72.0 Å². The summed E-state index contributed by atoms with van der Waals surface area (Å²) in [6.45, 7) is 13.9. The third-order valence-corrected chi connectivity index (χ3v) is 34.3. The molecule has 20 rings (SSSR count). The van der Waals surface area contributed by atoms with E-state index in [1.807, 2.05) is 0 Å². The molecule has 0 spiro atoms. The first-order chi connectivity index (χ1) is 56.8. The third kappa shape index (κ3) is 11.8. The molecule has 0 saturated heterocycles. The summed E-state index contributed by atoms with van der Waals surface area (Å²) in [4.78, 5) is 5.58. The first kappa shape index (κ1) is 71.7. The summed E-state index contributed by atoms with van der Waals surface area (Å²) in [7, 11) is -6.59. The lowest BCUT2D eigenvalue weighted by Gasteiger charge is -2.47. The summed E-state index contributed by atoms with van der Waals surface area (Å²) >= 11 is 0. The van der Waals surface area contributed by atoms with Crippen LogP contribution in [-0.4, -0.2) is 27.4 Å². The van der Waals surface area contributed by atoms with E-state index in [9.17, 15) is 0 Å². The van der Waals surface area contributed by atoms with Gasteiger partial charge < -0.3 is 14.4 Å². The average Bonchev–Trinajstić information content (AvgIpc) is 0.783. The molecule has 17 aromatic carbocycles. The molecule has 0 radical (unpaired) electrons. The van der Waals surface area contributed by atoms with Crippen LogP contribution in [0, 0.1) is 0 Å². The molecule has 1 aromatic heterocycles. The zero-order valence-electron chi connectivity index (χ0n) is 66.3. The Balaban J connectivity index is 1.03. The summed E-state index contributed by atoms with van der Waals surface area (Å²) in [5, 5.41) is 12.9. The molecule has 2 aliphatic heterocycles. The molecule has 6 heteroatoms. The number of anilines is 6. The second-order valence-corrected chi connectivity index (χ2v) is 41.0. The van der Waals surface area contributed by atoms with Gasteiger partial charge >= 0.3 is 0 Å². The fourth-order valence-electron chi connectivity index (χ4n) is 19.4. The maximum Gasteiger partial charge on any atom is 0.252 e. The van der Waals surface area contributed by atoms with E-state index in [0.29, 0.717) is 0 Å². The van der Waals surface area contributed by atoms with Gasteiger partial charge in [-0.25, -0.2) is 0 Å². The van der Waals surface area contributed by atoms with Crippen molar-refractivity contribution in [1.82, 2.24) is 4.57 Å². The minimum Gasteiger partial charge on any atom is -0.310 e. The van der Waals surface area contributed by atoms with Crippen molar-refractivity contribution in [3.05, 3.63) is 436 Å². The van der Waals surface area contributed by atoms with Crippen molar-refractivity contribution in [3.63, 3.8) is 0 Å². The lowest BCUT2D eigenvalue weighted by atomic mass is 9.33. The van der Waals surface area contributed by atoms with Gasteiger partial charge in [-0.3, -0.25) is 0 Å². The Bertz CT molecular complexity index is 5970. The van der Waals surface area contributed by atoms with Crippen molar-refractivity contribution in [2.45, 2.75) is 52.4 Å². The van der Waals surface area contributed by atoms with E-state index >= 15 is 0 Å². The van der Waals surface area contributed by atoms with E-state index < -0.39 is 16.1 Å². The van der Waals surface area contributed by atoms with E-state index in [4.69, 9.17) is 0 Å². The molecule has 3 heterocycles. The van der Waals surface area contributed by atoms with Crippen LogP contribution in [0.15, 0.2) is 425 Å². The van der Waals surface area contributed by atoms with E-state index in [2.05, 4.69) is 481 Å². The van der Waals surface area contributed by atoms with Crippen molar-refractivity contribution < 1.29 is 0 Å². The highest BCUT2D eigenvalue weighted by molar-refractivity contribution is 7.20. The van der Waals surface area contributed by atoms with Gasteiger partial charge in [-0.05, 0) is 163 Å². The first-order valence-electron chi connectivity index (χ1n) is 40.8. The molecule has 0 fully saturated rings. The zero-order chi connectivity index (χ0) is 78.3. The Hall–Kier alpha value is -13.4. The normalized spacial score (nSPS) is 12.7. The number of rotatable bonds is 15. The molecule has 0 unspecified atom stereocenters. The number of benzene rings is 17. The third-order valence-electron chi connectivity index (χ3n) is 24.7. The summed E-state index contributed by atoms with van der Waals surface area (Å²) < 4.78 is 2.58. The van der Waals surface area contributed by atoms with Crippen molar-refractivity contribution >= 4 is 137 Å². The number of hydrogen-bond acceptors (Lipinski definition) is 2. The van der Waals surface area contributed by atoms with Gasteiger partial charge in [0.05, 0.1) is 28.1 Å². The summed E-state index contributed by atoms with van der Waals surface area (Å²) in [6, 6.07) is 163. The molecule has 0 atom stereocenters. The van der Waals surface area contributed by atoms with Crippen LogP contribution in [-0.2, 0) is 10.8 Å². The van der Waals surface area contributed by atoms with E-state index in [-0.39, 0.29) is 17.5 Å². The Morgan fingerprint density at radius 1 is 0.233 bits per heavy atom. The quantitative estimate of drug-likeness (QED) is 0.0749. The van der Waals surface area contributed by atoms with Gasteiger partial charge in [0, 0.05) is 55.8 Å². The molecule has 18 aromatic rings. The maximum atomic E-state index is 2.79. The summed E-state index contributed by atoms with van der Waals surface area (Å²) in [5.41, 5.74) is 24.9. The van der Waals surface area contributed by atoms with Crippen LogP contribution in [0.2, 0.25) is 0 Å². The van der Waals surface area contributed by atoms with Gasteiger partial charge in [0.15, 0.2) is 16.1 Å². The number of para-hydroxylation sites is 2. The number of aromatic nitrogens is 1. The van der Waals surface area contributed by atoms with Crippen molar-refractivity contribution in [1.29, 1.82) is 0 Å². The Morgan fingerprint density at radius 3 is 0.750 bits per heavy atom. The number of fused-ring (bicyclic) bond motifs is 7. The smallest absolute Gasteiger partial charge is 0.252 e. The van der Waals surface area contributed by atoms with Crippen molar-refractivity contribution in [2.75, 3.05) is 9.80 Å². The number of hydrogen-bond donors (Lipinski definition) is 0. The highest BCUT2D eigenvalue weighted by Crippen LogP contribution is 2.55. The van der Waals surface area contributed by atoms with Gasteiger partial charge in [0.2, 0.25) is 0 Å². The largest absolute Gasteiger partial charge is 0.310 e. The SMILES string of the molecule is CC(C)(C)c1cc(-c2ccccc2)c(N2c3cc([Si](c4ccccc4)(c4ccccc4)c4ccccc4)ccc3B3c4ccc([Si](c5ccccc5)(c5ccccc5)c5ccccc5)cc4N(c4c(-c5ccccc5)cc(C(C)(C)C)cc4-c4ccccc4)c4cc(-n5c6ccccc6c6ccccc65)cc2c43)c(-c2ccccc2)c1. The van der Waals surface area contributed by atoms with Crippen LogP contribution >= 0.6 is 0 Å². The average molecular weight is 1520 g/mol. The minimum atomic E-state index is -3.30. The topological polar surface area (TPSA) is 11.4 Å². The molecule has 554 valence electrons. The molecule has 0 amide bonds. The highest BCUT2D eigenvalue weighted by Gasteiger charge is 2.50. The Labute approximate surface area is 684 Å². The van der Waals surface area contributed by atoms with Gasteiger partial charge in [0.1, 0.15) is 0 Å². The second kappa shape index (κ2) is 28.9. The fourth-order valence-corrected chi connectivity index (χ4v) is 28.9. The molecule has 3 nitrogen and oxygen atoms in total. The van der Waals surface area contributed by atoms with Gasteiger partial charge in [0.25, 0.3) is 6.71 Å². The van der Waals surface area contributed by atoms with Gasteiger partial charge in [-0.1, -0.05) is 406 Å². The van der Waals surface area contributed by atoms with Crippen LogP contribution in [0.1, 0.15) is 52.7 Å². The fraction of sp³-hybridized carbons (Fsp3) is 0.0727. The standard InChI is InChI=1S/C110H88BN3Si2/c1-109(2,3)81-69-94(77-41-17-7-18-42-77)107(95(70-81)78-43-19-8-20-44-78)113-102-75-90(115(84-49-25-11-26-50-84,85-51-27-12-28-52-85)86-53-29-13-30-54-86)65-67-98(102)111-99-68-66-91(116(87-55-31-14-32-56-87,88-57-33-15-34-58-88)89-59-35-16-36-60-89)76-103(99)114(105-74-83(73-104(113)106(105)111)112-100-63-39-37-61-92(100)93-62-38-40-64-101(93)112)108-96(79-45-21-9-22-46-79)71-82(110(4,5)6)72-97(108)80-47-23-10-24-48-80/h7-76H,1-6H3. The van der Waals surface area contributed by atoms with Gasteiger partial charge in [-0.15, -0.1) is 0 Å². The molecule has 0 bridgehead atoms. The molecule has 0 saturated carbocycles. The lowest BCUT2D eigenvalue weighted by Crippen LogP contribution is -2.75. The van der Waals surface area contributed by atoms with Crippen LogP contribution in [0.3, 0.4) is 0 Å². The van der Waals surface area contributed by atoms with Crippen LogP contribution < -0.4 is 67.7 Å². The molecule has 0 N–H and O–H groups in total. The Morgan fingerprint density at radius 2 is 0.483 bits per heavy atom. The Kier molecular flexibility index (Phi) is 17.9. The van der Waals surface area contributed by atoms with Crippen LogP contribution in [0.5, 0.6) is 0 Å². The maximum absolute atomic E-state index is 3.30. The van der Waals surface area contributed by atoms with Crippen LogP contribution in [0.4, 0.5) is 34.1 Å². The molecule has 116 heavy (non-hydrogen) atoms. The molecular formula is C110H88BN3Si2. The van der Waals surface area contributed by atoms with E-state index in [1.54, 1.807) is 0 Å². The van der Waals surface area contributed by atoms with Gasteiger partial charge in [-0.2, -0.15) is 0 Å². The summed E-state index contributed by atoms with van der Waals surface area (Å²) in [5.74, 6) is 0. The lowest BCUT2D eigenvalue weighted by molar-refractivity contribution is 0.590. The van der Waals surface area contributed by atoms with E-state index in [0.717, 1.165) is 95.4 Å². The van der Waals surface area contributed by atoms with Crippen molar-refractivity contribution in [3.8, 4) is 50.2 Å². The molecular weight excluding hydrogens is 1430 g/mol. The molecule has 0 aliphatic carbocycles. The first-order valence-corrected chi connectivity index (χ1v) is 44.8. The monoisotopic (exact) mass is 1520 g/mol. The van der Waals surface area contributed by atoms with Crippen molar-refractivity contribution in [2.24, 2.45) is 0 Å². The predicted octanol–water partition coefficient (Wildman–Crippen LogP) is 20.9. The minimum absolute atomic E-state index is 0.244. The zero-order valence-corrected chi connectivity index (χ0v) is 68.3. The summed E-state index contributed by atoms with van der Waals surface area (Å²) in [6.07, 6.45) is 0. The van der Waals surface area contributed by atoms with E-state index in [1.165, 1.54) is 79.8 Å². The number of nitrogens with zero attached hydrogens (tertiary/aromatic N) is 3. The predicted molar refractivity (Wildman–Crippen MR) is 501 cm³/mol. The highest BCUT2D eigenvalue weighted by atomic mass is 28.3.